The highest BCUT2D eigenvalue weighted by molar-refractivity contribution is 9.10. The van der Waals surface area contributed by atoms with Gasteiger partial charge in [0.25, 0.3) is 5.91 Å². The predicted octanol–water partition coefficient (Wildman–Crippen LogP) is 4.04. The zero-order valence-electron chi connectivity index (χ0n) is 17.3. The first-order chi connectivity index (χ1) is 15.5. The maximum Gasteiger partial charge on any atom is 0.261 e. The summed E-state index contributed by atoms with van der Waals surface area (Å²) in [7, 11) is 0. The summed E-state index contributed by atoms with van der Waals surface area (Å²) in [4.78, 5) is 31.3. The van der Waals surface area contributed by atoms with Gasteiger partial charge in [0, 0.05) is 47.3 Å². The van der Waals surface area contributed by atoms with E-state index in [4.69, 9.17) is 0 Å². The van der Waals surface area contributed by atoms with Crippen molar-refractivity contribution in [2.75, 3.05) is 6.54 Å². The number of thiophene rings is 1. The highest BCUT2D eigenvalue weighted by atomic mass is 79.9. The molecular weight excluding hydrogens is 488 g/mol. The number of amides is 2. The van der Waals surface area contributed by atoms with Crippen LogP contribution in [0.15, 0.2) is 65.4 Å². The predicted molar refractivity (Wildman–Crippen MR) is 128 cm³/mol. The molecule has 5 rings (SSSR count). The van der Waals surface area contributed by atoms with Crippen LogP contribution in [-0.4, -0.2) is 34.0 Å². The number of fused-ring (bicyclic) bond motifs is 1. The van der Waals surface area contributed by atoms with E-state index in [0.29, 0.717) is 24.4 Å². The summed E-state index contributed by atoms with van der Waals surface area (Å²) in [6.07, 6.45) is 9.33. The van der Waals surface area contributed by atoms with Crippen LogP contribution in [0.4, 0.5) is 0 Å². The molecule has 0 radical (unpaired) electrons. The lowest BCUT2D eigenvalue weighted by Gasteiger charge is -2.16. The molecule has 0 bridgehead atoms. The van der Waals surface area contributed by atoms with E-state index in [-0.39, 0.29) is 29.7 Å². The summed E-state index contributed by atoms with van der Waals surface area (Å²) < 4.78 is 3.07. The average molecular weight is 511 g/mol. The highest BCUT2D eigenvalue weighted by Gasteiger charge is 2.30. The van der Waals surface area contributed by atoms with Crippen LogP contribution in [0.2, 0.25) is 0 Å². The molecule has 1 aliphatic carbocycles. The Balaban J connectivity index is 1.08. The van der Waals surface area contributed by atoms with Gasteiger partial charge in [-0.25, -0.2) is 4.98 Å². The molecule has 8 heteroatoms. The molecule has 2 amide bonds. The molecule has 0 saturated heterocycles. The smallest absolute Gasteiger partial charge is 0.261 e. The van der Waals surface area contributed by atoms with Crippen molar-refractivity contribution in [2.45, 2.75) is 25.4 Å². The van der Waals surface area contributed by atoms with E-state index in [2.05, 4.69) is 37.6 Å². The van der Waals surface area contributed by atoms with Crippen molar-refractivity contribution in [3.63, 3.8) is 0 Å². The van der Waals surface area contributed by atoms with Crippen LogP contribution in [0.1, 0.15) is 21.9 Å². The van der Waals surface area contributed by atoms with Gasteiger partial charge in [0.1, 0.15) is 5.82 Å². The van der Waals surface area contributed by atoms with Gasteiger partial charge in [-0.15, -0.1) is 11.3 Å². The van der Waals surface area contributed by atoms with E-state index in [0.717, 1.165) is 27.2 Å². The van der Waals surface area contributed by atoms with Gasteiger partial charge in [0.2, 0.25) is 5.91 Å². The minimum atomic E-state index is -0.0559. The van der Waals surface area contributed by atoms with Gasteiger partial charge in [0.05, 0.1) is 10.8 Å². The number of rotatable bonds is 6. The Bertz CT molecular complexity index is 1150. The normalized spacial score (nSPS) is 21.5. The summed E-state index contributed by atoms with van der Waals surface area (Å²) in [6.45, 7) is 1.26. The van der Waals surface area contributed by atoms with Crippen LogP contribution in [-0.2, 0) is 17.8 Å². The minimum absolute atomic E-state index is 0.0167. The summed E-state index contributed by atoms with van der Waals surface area (Å²) in [6, 6.07) is 11.9. The monoisotopic (exact) mass is 510 g/mol. The van der Waals surface area contributed by atoms with Gasteiger partial charge in [0.15, 0.2) is 0 Å². The number of carbonyl (C=O) groups is 2. The number of nitrogens with zero attached hydrogens (tertiary/aromatic N) is 2. The molecular formula is C24H23BrN4O2S. The van der Waals surface area contributed by atoms with Gasteiger partial charge < -0.3 is 15.2 Å². The van der Waals surface area contributed by atoms with Crippen LogP contribution < -0.4 is 10.6 Å². The lowest BCUT2D eigenvalue weighted by molar-refractivity contribution is -0.125. The maximum atomic E-state index is 12.6. The molecule has 0 spiro atoms. The third kappa shape index (κ3) is 4.56. The van der Waals surface area contributed by atoms with Crippen LogP contribution in [0.5, 0.6) is 0 Å². The second-order valence-electron chi connectivity index (χ2n) is 8.27. The van der Waals surface area contributed by atoms with Crippen molar-refractivity contribution in [1.29, 1.82) is 0 Å². The number of nitrogens with one attached hydrogen (secondary N) is 2. The van der Waals surface area contributed by atoms with Crippen LogP contribution >= 0.6 is 27.3 Å². The van der Waals surface area contributed by atoms with E-state index in [1.165, 1.54) is 11.3 Å². The Morgan fingerprint density at radius 3 is 2.81 bits per heavy atom. The molecule has 1 aromatic carbocycles. The van der Waals surface area contributed by atoms with Gasteiger partial charge in [-0.1, -0.05) is 40.2 Å². The zero-order valence-corrected chi connectivity index (χ0v) is 19.7. The van der Waals surface area contributed by atoms with E-state index >= 15 is 0 Å². The van der Waals surface area contributed by atoms with Gasteiger partial charge in [-0.05, 0) is 42.2 Å². The molecule has 2 N–H and O–H groups in total. The third-order valence-corrected chi connectivity index (χ3v) is 7.66. The maximum absolute atomic E-state index is 12.6. The largest absolute Gasteiger partial charge is 0.351 e. The molecule has 6 nitrogen and oxygen atoms in total. The fraction of sp³-hybridized carbons (Fsp3) is 0.292. The van der Waals surface area contributed by atoms with Crippen molar-refractivity contribution >= 4 is 39.1 Å². The van der Waals surface area contributed by atoms with Crippen molar-refractivity contribution in [3.8, 4) is 10.4 Å². The molecule has 0 fully saturated rings. The Kier molecular flexibility index (Phi) is 5.97. The van der Waals surface area contributed by atoms with E-state index in [1.54, 1.807) is 6.20 Å². The molecule has 0 saturated carbocycles. The molecule has 2 aromatic heterocycles. The Morgan fingerprint density at radius 1 is 1.16 bits per heavy atom. The molecule has 1 aliphatic heterocycles. The summed E-state index contributed by atoms with van der Waals surface area (Å²) in [5, 5.41) is 6.18. The van der Waals surface area contributed by atoms with E-state index in [1.807, 2.05) is 53.2 Å². The molecule has 3 aromatic rings. The van der Waals surface area contributed by atoms with Gasteiger partial charge in [-0.2, -0.15) is 0 Å². The fourth-order valence-corrected chi connectivity index (χ4v) is 5.46. The molecule has 3 atom stereocenters. The number of hydrogen-bond donors (Lipinski definition) is 2. The van der Waals surface area contributed by atoms with Crippen molar-refractivity contribution in [1.82, 2.24) is 20.2 Å². The lowest BCUT2D eigenvalue weighted by Crippen LogP contribution is -2.38. The second kappa shape index (κ2) is 9.03. The Hall–Kier alpha value is -2.71. The standard InChI is InChI=1S/C24H23BrN4O2S/c25-18-4-2-16(3-5-18)20-7-8-21(32-20)24(31)27-13-15-1-6-19(11-15)28-23(30)17-12-22-26-9-10-29(22)14-17/h1-10,15,17,19H,11-14H2,(H,27,31)(H,28,30)/t15-,17?,19+/m0/s1. The molecule has 3 heterocycles. The molecule has 32 heavy (non-hydrogen) atoms. The second-order valence-corrected chi connectivity index (χ2v) is 10.3. The number of imidazole rings is 1. The van der Waals surface area contributed by atoms with E-state index in [9.17, 15) is 9.59 Å². The third-order valence-electron chi connectivity index (χ3n) is 6.00. The number of carbonyl (C=O) groups excluding carboxylic acids is 2. The van der Waals surface area contributed by atoms with Crippen molar-refractivity contribution in [3.05, 3.63) is 76.1 Å². The number of aromatic nitrogens is 2. The number of halogens is 1. The summed E-state index contributed by atoms with van der Waals surface area (Å²) in [5.41, 5.74) is 1.10. The van der Waals surface area contributed by atoms with Gasteiger partial charge >= 0.3 is 0 Å². The Labute approximate surface area is 198 Å². The SMILES string of the molecule is O=C(NC[C@H]1C=C[C@@H](NC(=O)C2Cc3nccn3C2)C1)c1ccc(-c2ccc(Br)cc2)s1. The molecule has 2 aliphatic rings. The first-order valence-corrected chi connectivity index (χ1v) is 12.3. The quantitative estimate of drug-likeness (QED) is 0.491. The number of benzene rings is 1. The first kappa shape index (κ1) is 21.2. The van der Waals surface area contributed by atoms with Crippen molar-refractivity contribution < 1.29 is 9.59 Å². The van der Waals surface area contributed by atoms with Gasteiger partial charge in [-0.3, -0.25) is 9.59 Å². The first-order valence-electron chi connectivity index (χ1n) is 10.7. The summed E-state index contributed by atoms with van der Waals surface area (Å²) in [5.74, 6) is 1.16. The van der Waals surface area contributed by atoms with Crippen LogP contribution in [0.3, 0.4) is 0 Å². The zero-order chi connectivity index (χ0) is 22.1. The Morgan fingerprint density at radius 2 is 2.00 bits per heavy atom. The van der Waals surface area contributed by atoms with Crippen molar-refractivity contribution in [2.24, 2.45) is 11.8 Å². The number of hydrogen-bond acceptors (Lipinski definition) is 4. The van der Waals surface area contributed by atoms with E-state index < -0.39 is 0 Å². The fourth-order valence-electron chi connectivity index (χ4n) is 4.27. The van der Waals surface area contributed by atoms with Crippen LogP contribution in [0, 0.1) is 11.8 Å². The van der Waals surface area contributed by atoms with Crippen LogP contribution in [0.25, 0.3) is 10.4 Å². The minimum Gasteiger partial charge on any atom is -0.351 e. The molecule has 1 unspecified atom stereocenters. The summed E-state index contributed by atoms with van der Waals surface area (Å²) >= 11 is 4.94. The lowest BCUT2D eigenvalue weighted by atomic mass is 10.1. The topological polar surface area (TPSA) is 76.0 Å². The molecule has 164 valence electrons. The average Bonchev–Trinajstić information content (AvgIpc) is 3.56. The highest BCUT2D eigenvalue weighted by Crippen LogP contribution is 2.29.